The Balaban J connectivity index is 1.85. The van der Waals surface area contributed by atoms with Crippen LogP contribution in [0.5, 0.6) is 5.75 Å². The first-order chi connectivity index (χ1) is 13.8. The first-order valence-electron chi connectivity index (χ1n) is 8.48. The molecule has 152 valence electrons. The van der Waals surface area contributed by atoms with Gasteiger partial charge in [0.1, 0.15) is 18.0 Å². The number of benzene rings is 2. The summed E-state index contributed by atoms with van der Waals surface area (Å²) in [5.41, 5.74) is 0.0186. The van der Waals surface area contributed by atoms with Crippen molar-refractivity contribution in [2.75, 3.05) is 19.0 Å². The number of ether oxygens (including phenoxy) is 2. The largest absolute Gasteiger partial charge is 0.497 e. The molecular formula is C19H19N3O7. The van der Waals surface area contributed by atoms with Crippen molar-refractivity contribution >= 4 is 29.2 Å². The van der Waals surface area contributed by atoms with Gasteiger partial charge in [0.2, 0.25) is 0 Å². The van der Waals surface area contributed by atoms with Crippen LogP contribution in [0.2, 0.25) is 0 Å². The molecule has 0 saturated carbocycles. The number of hydrogen-bond acceptors (Lipinski definition) is 7. The lowest BCUT2D eigenvalue weighted by molar-refractivity contribution is -0.383. The van der Waals surface area contributed by atoms with E-state index in [0.29, 0.717) is 11.3 Å². The average Bonchev–Trinajstić information content (AvgIpc) is 2.72. The Morgan fingerprint density at radius 1 is 1.10 bits per heavy atom. The van der Waals surface area contributed by atoms with Gasteiger partial charge in [-0.2, -0.15) is 0 Å². The summed E-state index contributed by atoms with van der Waals surface area (Å²) in [4.78, 5) is 46.4. The van der Waals surface area contributed by atoms with Gasteiger partial charge < -0.3 is 20.1 Å². The fourth-order valence-corrected chi connectivity index (χ4v) is 2.26. The number of nitro groups is 1. The van der Waals surface area contributed by atoms with Crippen LogP contribution in [0.25, 0.3) is 0 Å². The first kappa shape index (κ1) is 21.4. The first-order valence-corrected chi connectivity index (χ1v) is 8.48. The van der Waals surface area contributed by atoms with Crippen LogP contribution in [-0.4, -0.2) is 42.5 Å². The number of rotatable bonds is 8. The molecule has 10 heteroatoms. The van der Waals surface area contributed by atoms with Gasteiger partial charge in [0, 0.05) is 11.6 Å². The van der Waals surface area contributed by atoms with Gasteiger partial charge in [-0.25, -0.2) is 0 Å². The van der Waals surface area contributed by atoms with Gasteiger partial charge in [0.15, 0.2) is 6.10 Å². The Morgan fingerprint density at radius 3 is 2.38 bits per heavy atom. The van der Waals surface area contributed by atoms with Gasteiger partial charge in [-0.3, -0.25) is 24.5 Å². The number of amides is 2. The van der Waals surface area contributed by atoms with Crippen LogP contribution >= 0.6 is 0 Å². The van der Waals surface area contributed by atoms with Crippen molar-refractivity contribution in [1.82, 2.24) is 5.32 Å². The number of para-hydroxylation sites is 2. The average molecular weight is 401 g/mol. The number of nitrogens with one attached hydrogen (secondary N) is 2. The zero-order valence-electron chi connectivity index (χ0n) is 15.7. The highest BCUT2D eigenvalue weighted by atomic mass is 16.6. The Morgan fingerprint density at radius 2 is 1.76 bits per heavy atom. The smallest absolute Gasteiger partial charge is 0.326 e. The second kappa shape index (κ2) is 9.83. The summed E-state index contributed by atoms with van der Waals surface area (Å²) < 4.78 is 9.95. The number of carbonyl (C=O) groups is 3. The number of nitrogens with zero attached hydrogens (tertiary/aromatic N) is 1. The maximum atomic E-state index is 12.1. The molecular weight excluding hydrogens is 382 g/mol. The predicted octanol–water partition coefficient (Wildman–Crippen LogP) is 1.90. The van der Waals surface area contributed by atoms with E-state index in [1.807, 2.05) is 0 Å². The van der Waals surface area contributed by atoms with Crippen molar-refractivity contribution in [3.05, 3.63) is 64.2 Å². The lowest BCUT2D eigenvalue weighted by Crippen LogP contribution is -2.35. The minimum atomic E-state index is -1.22. The molecule has 0 aliphatic rings. The topological polar surface area (TPSA) is 137 Å². The molecule has 1 atom stereocenters. The zero-order valence-corrected chi connectivity index (χ0v) is 15.7. The lowest BCUT2D eigenvalue weighted by atomic mass is 10.2. The van der Waals surface area contributed by atoms with E-state index < -0.39 is 35.4 Å². The van der Waals surface area contributed by atoms with Gasteiger partial charge in [-0.05, 0) is 37.3 Å². The molecule has 0 spiro atoms. The number of methoxy groups -OCH3 is 1. The molecule has 0 saturated heterocycles. The standard InChI is InChI=1S/C19H19N3O7/c1-12(18(24)21-15-5-3-4-6-16(15)22(26)27)29-17(23)11-20-19(25)13-7-9-14(28-2)10-8-13/h3-10,12H,11H2,1-2H3,(H,20,25)(H,21,24)/t12-/m1/s1. The molecule has 2 rings (SSSR count). The maximum absolute atomic E-state index is 12.1. The van der Waals surface area contributed by atoms with E-state index >= 15 is 0 Å². The predicted molar refractivity (Wildman–Crippen MR) is 103 cm³/mol. The Hall–Kier alpha value is -3.95. The van der Waals surface area contributed by atoms with Crippen LogP contribution in [0, 0.1) is 10.1 Å². The summed E-state index contributed by atoms with van der Waals surface area (Å²) in [6.45, 7) is 0.862. The molecule has 0 bridgehead atoms. The van der Waals surface area contributed by atoms with E-state index in [2.05, 4.69) is 10.6 Å². The summed E-state index contributed by atoms with van der Waals surface area (Å²) in [6, 6.07) is 11.8. The second-order valence-electron chi connectivity index (χ2n) is 5.81. The van der Waals surface area contributed by atoms with Crippen LogP contribution in [-0.2, 0) is 14.3 Å². The molecule has 0 radical (unpaired) electrons. The summed E-state index contributed by atoms with van der Waals surface area (Å²) in [5.74, 6) is -1.49. The molecule has 0 aliphatic heterocycles. The van der Waals surface area contributed by atoms with Crippen LogP contribution in [0.1, 0.15) is 17.3 Å². The third-order valence-electron chi connectivity index (χ3n) is 3.78. The number of hydrogen-bond donors (Lipinski definition) is 2. The van der Waals surface area contributed by atoms with Gasteiger partial charge in [-0.1, -0.05) is 12.1 Å². The van der Waals surface area contributed by atoms with Crippen molar-refractivity contribution in [1.29, 1.82) is 0 Å². The fraction of sp³-hybridized carbons (Fsp3) is 0.211. The second-order valence-corrected chi connectivity index (χ2v) is 5.81. The molecule has 0 aromatic heterocycles. The Labute approximate surface area is 166 Å². The third kappa shape index (κ3) is 6.03. The zero-order chi connectivity index (χ0) is 21.4. The van der Waals surface area contributed by atoms with E-state index in [9.17, 15) is 24.5 Å². The van der Waals surface area contributed by atoms with Gasteiger partial charge >= 0.3 is 5.97 Å². The quantitative estimate of drug-likeness (QED) is 0.391. The van der Waals surface area contributed by atoms with Crippen LogP contribution in [0.3, 0.4) is 0 Å². The number of carbonyl (C=O) groups excluding carboxylic acids is 3. The van der Waals surface area contributed by atoms with E-state index in [1.54, 1.807) is 12.1 Å². The van der Waals surface area contributed by atoms with E-state index in [0.717, 1.165) is 0 Å². The highest BCUT2D eigenvalue weighted by molar-refractivity contribution is 5.98. The van der Waals surface area contributed by atoms with E-state index in [4.69, 9.17) is 9.47 Å². The summed E-state index contributed by atoms with van der Waals surface area (Å²) in [7, 11) is 1.50. The highest BCUT2D eigenvalue weighted by Gasteiger charge is 2.21. The van der Waals surface area contributed by atoms with Gasteiger partial charge in [-0.15, -0.1) is 0 Å². The van der Waals surface area contributed by atoms with Gasteiger partial charge in [0.25, 0.3) is 17.5 Å². The molecule has 0 aliphatic carbocycles. The molecule has 2 amide bonds. The van der Waals surface area contributed by atoms with Crippen LogP contribution < -0.4 is 15.4 Å². The normalized spacial score (nSPS) is 11.1. The third-order valence-corrected chi connectivity index (χ3v) is 3.78. The number of esters is 1. The highest BCUT2D eigenvalue weighted by Crippen LogP contribution is 2.23. The minimum absolute atomic E-state index is 0.0155. The van der Waals surface area contributed by atoms with Crippen molar-refractivity contribution < 1.29 is 28.8 Å². The fourth-order valence-electron chi connectivity index (χ4n) is 2.26. The maximum Gasteiger partial charge on any atom is 0.326 e. The number of anilines is 1. The van der Waals surface area contributed by atoms with Crippen molar-refractivity contribution in [2.24, 2.45) is 0 Å². The monoisotopic (exact) mass is 401 g/mol. The van der Waals surface area contributed by atoms with Crippen LogP contribution in [0.4, 0.5) is 11.4 Å². The SMILES string of the molecule is COc1ccc(C(=O)NCC(=O)O[C@H](C)C(=O)Nc2ccccc2[N+](=O)[O-])cc1. The summed E-state index contributed by atoms with van der Waals surface area (Å²) in [6.07, 6.45) is -1.22. The summed E-state index contributed by atoms with van der Waals surface area (Å²) in [5, 5.41) is 15.7. The molecule has 2 aromatic carbocycles. The van der Waals surface area contributed by atoms with Gasteiger partial charge in [0.05, 0.1) is 12.0 Å². The minimum Gasteiger partial charge on any atom is -0.497 e. The van der Waals surface area contributed by atoms with E-state index in [1.165, 1.54) is 50.4 Å². The molecule has 0 unspecified atom stereocenters. The lowest BCUT2D eigenvalue weighted by Gasteiger charge is -2.14. The van der Waals surface area contributed by atoms with Crippen molar-refractivity contribution in [3.8, 4) is 5.75 Å². The van der Waals surface area contributed by atoms with Crippen molar-refractivity contribution in [3.63, 3.8) is 0 Å². The van der Waals surface area contributed by atoms with E-state index in [-0.39, 0.29) is 11.4 Å². The molecule has 29 heavy (non-hydrogen) atoms. The molecule has 10 nitrogen and oxygen atoms in total. The molecule has 2 N–H and O–H groups in total. The molecule has 0 fully saturated rings. The Bertz CT molecular complexity index is 912. The van der Waals surface area contributed by atoms with Crippen LogP contribution in [0.15, 0.2) is 48.5 Å². The molecule has 0 heterocycles. The molecule has 2 aromatic rings. The van der Waals surface area contributed by atoms with Crippen molar-refractivity contribution in [2.45, 2.75) is 13.0 Å². The number of nitro benzene ring substituents is 1. The Kier molecular flexibility index (Phi) is 7.24. The summed E-state index contributed by atoms with van der Waals surface area (Å²) >= 11 is 0.